The second-order valence-electron chi connectivity index (χ2n) is 12.5. The molecule has 0 spiro atoms. The molecule has 0 aliphatic carbocycles. The lowest BCUT2D eigenvalue weighted by molar-refractivity contribution is -0.689. The van der Waals surface area contributed by atoms with Gasteiger partial charge in [0.1, 0.15) is 35.9 Å². The molecule has 2 atom stereocenters. The molecule has 0 N–H and O–H groups in total. The maximum atomic E-state index is 8.89. The van der Waals surface area contributed by atoms with E-state index in [1.165, 1.54) is 74.1 Å². The van der Waals surface area contributed by atoms with Gasteiger partial charge in [-0.3, -0.25) is 0 Å². The predicted molar refractivity (Wildman–Crippen MR) is 177 cm³/mol. The Balaban J connectivity index is 0.000000705. The first-order chi connectivity index (χ1) is 23.1. The van der Waals surface area contributed by atoms with Gasteiger partial charge in [0.25, 0.3) is 0 Å². The van der Waals surface area contributed by atoms with Gasteiger partial charge in [-0.1, -0.05) is 53.4 Å². The maximum Gasteiger partial charge on any atom is 0.244 e. The largest absolute Gasteiger partial charge is 0.550 e. The van der Waals surface area contributed by atoms with Gasteiger partial charge in [-0.25, -0.2) is 28.3 Å². The molecule has 2 unspecified atom stereocenters. The maximum absolute atomic E-state index is 8.89. The number of fused-ring (bicyclic) bond motifs is 6. The lowest BCUT2D eigenvalue weighted by atomic mass is 10.1. The molecule has 5 heterocycles. The Morgan fingerprint density at radius 2 is 1.00 bits per heavy atom. The molecule has 0 saturated carbocycles. The van der Waals surface area contributed by atoms with Crippen LogP contribution >= 0.6 is 0 Å². The van der Waals surface area contributed by atoms with Crippen molar-refractivity contribution in [1.29, 1.82) is 0 Å². The molecule has 14 nitrogen and oxygen atoms in total. The smallest absolute Gasteiger partial charge is 0.244 e. The number of unbranched alkanes of at least 4 members (excludes halogenated alkanes) is 4. The Morgan fingerprint density at radius 1 is 0.667 bits per heavy atom. The van der Waals surface area contributed by atoms with Crippen LogP contribution < -0.4 is 19.3 Å². The van der Waals surface area contributed by atoms with Gasteiger partial charge in [0.2, 0.25) is 12.7 Å². The summed E-state index contributed by atoms with van der Waals surface area (Å²) >= 11 is 0. The van der Waals surface area contributed by atoms with Crippen LogP contribution in [0.3, 0.4) is 0 Å². The molecule has 8 bridgehead atoms. The van der Waals surface area contributed by atoms with Crippen LogP contribution in [0, 0.1) is 0 Å². The molecule has 2 aromatic rings. The van der Waals surface area contributed by atoms with E-state index in [1.54, 1.807) is 0 Å². The summed E-state index contributed by atoms with van der Waals surface area (Å²) in [6.07, 6.45) is 17.7. The Bertz CT molecular complexity index is 1370. The minimum atomic E-state index is -1.08. The first-order valence-electron chi connectivity index (χ1n) is 17.6. The van der Waals surface area contributed by atoms with Crippen molar-refractivity contribution >= 4 is 23.6 Å². The normalized spacial score (nSPS) is 17.6. The van der Waals surface area contributed by atoms with Crippen LogP contribution in [-0.2, 0) is 61.5 Å². The Hall–Kier alpha value is -4.10. The summed E-state index contributed by atoms with van der Waals surface area (Å²) in [6.45, 7) is 13.7. The number of aromatic nitrogens is 4. The number of carbonyl (C=O) groups is 2. The zero-order valence-electron chi connectivity index (χ0n) is 29.7. The molecule has 48 heavy (non-hydrogen) atoms. The van der Waals surface area contributed by atoms with Crippen molar-refractivity contribution in [1.82, 2.24) is 9.13 Å². The number of nitrogens with zero attached hydrogens (tertiary/aromatic N) is 10. The predicted octanol–water partition coefficient (Wildman–Crippen LogP) is 2.84. The summed E-state index contributed by atoms with van der Waals surface area (Å²) in [5, 5.41) is 36.2. The minimum absolute atomic E-state index is 0.183. The SMILES string of the molecule is CC(=O)[O-].CC(=O)[O-].CCCCc1c(CCCC)[n+]2cn1CC1N=NC(=N1)C[n+]1cn(c(CCCC)c1CCCC)CC1N=NC(=N1)C2. The molecule has 0 radical (unpaired) electrons. The molecule has 0 fully saturated rings. The third-order valence-corrected chi connectivity index (χ3v) is 8.23. The van der Waals surface area contributed by atoms with E-state index in [1.807, 2.05) is 0 Å². The van der Waals surface area contributed by atoms with Gasteiger partial charge in [-0.15, -0.1) is 10.2 Å². The van der Waals surface area contributed by atoms with Gasteiger partial charge in [0.05, 0.1) is 0 Å². The van der Waals surface area contributed by atoms with Crippen molar-refractivity contribution in [3.05, 3.63) is 35.4 Å². The molecular weight excluding hydrogens is 612 g/mol. The summed E-state index contributed by atoms with van der Waals surface area (Å²) in [4.78, 5) is 27.8. The molecule has 3 aliphatic rings. The summed E-state index contributed by atoms with van der Waals surface area (Å²) < 4.78 is 9.49. The highest BCUT2D eigenvalue weighted by Gasteiger charge is 2.31. The molecule has 0 amide bonds. The van der Waals surface area contributed by atoms with Crippen LogP contribution in [0.4, 0.5) is 0 Å². The van der Waals surface area contributed by atoms with Crippen molar-refractivity contribution in [2.75, 3.05) is 0 Å². The topological polar surface area (TPSA) is 172 Å². The number of carboxylic acid groups (broad SMARTS) is 2. The van der Waals surface area contributed by atoms with Gasteiger partial charge in [0.15, 0.2) is 37.1 Å². The first kappa shape index (κ1) is 38.3. The van der Waals surface area contributed by atoms with Crippen LogP contribution in [0.5, 0.6) is 0 Å². The number of amidine groups is 2. The van der Waals surface area contributed by atoms with Crippen LogP contribution in [0.1, 0.15) is 116 Å². The summed E-state index contributed by atoms with van der Waals surface area (Å²) in [6, 6.07) is 0. The van der Waals surface area contributed by atoms with Crippen molar-refractivity contribution in [2.45, 2.75) is 157 Å². The number of carboxylic acids is 2. The highest BCUT2D eigenvalue weighted by atomic mass is 16.4. The zero-order chi connectivity index (χ0) is 35.1. The molecule has 2 aromatic heterocycles. The number of imidazole rings is 2. The summed E-state index contributed by atoms with van der Waals surface area (Å²) in [5.41, 5.74) is 5.59. The third kappa shape index (κ3) is 11.6. The fourth-order valence-corrected chi connectivity index (χ4v) is 6.06. The van der Waals surface area contributed by atoms with Crippen LogP contribution in [0.15, 0.2) is 43.1 Å². The van der Waals surface area contributed by atoms with E-state index in [0.29, 0.717) is 26.2 Å². The van der Waals surface area contributed by atoms with E-state index >= 15 is 0 Å². The quantitative estimate of drug-likeness (QED) is 0.317. The van der Waals surface area contributed by atoms with E-state index in [9.17, 15) is 0 Å². The number of carbonyl (C=O) groups excluding carboxylic acids is 2. The zero-order valence-corrected chi connectivity index (χ0v) is 29.7. The van der Waals surface area contributed by atoms with Crippen LogP contribution in [0.2, 0.25) is 0 Å². The molecule has 264 valence electrons. The number of aliphatic carboxylic acids is 2. The molecule has 0 aromatic carbocycles. The molecular formula is C34H54N10O4. The average molecular weight is 667 g/mol. The lowest BCUT2D eigenvalue weighted by Gasteiger charge is -2.06. The van der Waals surface area contributed by atoms with Crippen LogP contribution in [0.25, 0.3) is 0 Å². The molecule has 5 rings (SSSR count). The Morgan fingerprint density at radius 3 is 1.33 bits per heavy atom. The van der Waals surface area contributed by atoms with Gasteiger partial charge in [-0.05, 0) is 39.5 Å². The van der Waals surface area contributed by atoms with Crippen molar-refractivity contribution < 1.29 is 28.9 Å². The number of rotatable bonds is 12. The first-order valence-corrected chi connectivity index (χ1v) is 17.6. The van der Waals surface area contributed by atoms with E-state index < -0.39 is 11.9 Å². The van der Waals surface area contributed by atoms with Crippen LogP contribution in [-0.4, -0.2) is 45.1 Å². The van der Waals surface area contributed by atoms with Gasteiger partial charge >= 0.3 is 0 Å². The van der Waals surface area contributed by atoms with E-state index in [4.69, 9.17) is 29.8 Å². The van der Waals surface area contributed by atoms with Crippen molar-refractivity contribution in [3.8, 4) is 0 Å². The lowest BCUT2D eigenvalue weighted by Crippen LogP contribution is -2.40. The standard InChI is InChI=1S/C30H48N10.2C2H4O2/c1-5-9-13-23-24(14-10-6-2)38-18-28-32-30(36-34-28)20-40-22-39(25(15-11-7-3)26(40)16-12-8-4)19-29-31-27(33-35-29)17-37(23)21-38;2*1-2(3)4/h21-22,27,30H,5-20H2,1-4H3;2*1H3,(H,3,4)/q+2;;/p-2. The van der Waals surface area contributed by atoms with Crippen molar-refractivity contribution in [3.63, 3.8) is 0 Å². The highest BCUT2D eigenvalue weighted by molar-refractivity contribution is 5.82. The number of aliphatic imine (C=N–C) groups is 2. The fourth-order valence-electron chi connectivity index (χ4n) is 6.06. The Labute approximate surface area is 284 Å². The highest BCUT2D eigenvalue weighted by Crippen LogP contribution is 2.20. The van der Waals surface area contributed by atoms with Gasteiger partial charge in [-0.2, -0.15) is 10.2 Å². The Kier molecular flexibility index (Phi) is 15.7. The summed E-state index contributed by atoms with van der Waals surface area (Å²) in [5.74, 6) is -0.525. The van der Waals surface area contributed by atoms with Gasteiger partial charge in [0, 0.05) is 37.6 Å². The molecule has 14 heteroatoms. The second-order valence-corrected chi connectivity index (χ2v) is 12.5. The summed E-state index contributed by atoms with van der Waals surface area (Å²) in [7, 11) is 0. The van der Waals surface area contributed by atoms with E-state index in [2.05, 4.69) is 79.1 Å². The number of hydrogen-bond acceptors (Lipinski definition) is 10. The minimum Gasteiger partial charge on any atom is -0.550 e. The number of hydrogen-bond donors (Lipinski definition) is 0. The average Bonchev–Trinajstić information content (AvgIpc) is 3.80. The van der Waals surface area contributed by atoms with Gasteiger partial charge < -0.3 is 19.8 Å². The van der Waals surface area contributed by atoms with E-state index in [-0.39, 0.29) is 12.3 Å². The third-order valence-electron chi connectivity index (χ3n) is 8.23. The fraction of sp³-hybridized carbons (Fsp3) is 0.706. The second kappa shape index (κ2) is 19.7. The van der Waals surface area contributed by atoms with Crippen molar-refractivity contribution in [2.24, 2.45) is 30.4 Å². The monoisotopic (exact) mass is 666 g/mol. The number of azo groups is 2. The van der Waals surface area contributed by atoms with E-state index in [0.717, 1.165) is 51.2 Å². The molecule has 3 aliphatic heterocycles. The molecule has 0 saturated heterocycles.